The number of aryl methyl sites for hydroxylation is 1. The lowest BCUT2D eigenvalue weighted by Crippen LogP contribution is -2.10. The molecular formula is C12H24N2. The van der Waals surface area contributed by atoms with Crippen molar-refractivity contribution >= 4 is 0 Å². The Balaban J connectivity index is 0.000000791. The lowest BCUT2D eigenvalue weighted by Gasteiger charge is -2.18. The van der Waals surface area contributed by atoms with Crippen LogP contribution in [0.2, 0.25) is 0 Å². The molecule has 0 fully saturated rings. The second kappa shape index (κ2) is 6.63. The molecule has 0 N–H and O–H groups in total. The fraction of sp³-hybridized carbons (Fsp3) is 0.750. The van der Waals surface area contributed by atoms with Gasteiger partial charge < -0.3 is 0 Å². The number of aromatic nitrogens is 2. The van der Waals surface area contributed by atoms with Crippen LogP contribution in [0.4, 0.5) is 0 Å². The monoisotopic (exact) mass is 196 g/mol. The first-order valence-corrected chi connectivity index (χ1v) is 5.64. The quantitative estimate of drug-likeness (QED) is 0.722. The van der Waals surface area contributed by atoms with E-state index in [1.807, 2.05) is 31.8 Å². The Morgan fingerprint density at radius 2 is 1.93 bits per heavy atom. The van der Waals surface area contributed by atoms with Gasteiger partial charge in [0.2, 0.25) is 0 Å². The molecule has 0 aliphatic heterocycles. The van der Waals surface area contributed by atoms with Crippen LogP contribution in [0.1, 0.15) is 52.7 Å². The van der Waals surface area contributed by atoms with Gasteiger partial charge in [-0.25, -0.2) is 0 Å². The minimum Gasteiger partial charge on any atom is -0.272 e. The van der Waals surface area contributed by atoms with Gasteiger partial charge in [0.05, 0.1) is 0 Å². The van der Waals surface area contributed by atoms with Crippen LogP contribution in [0.15, 0.2) is 12.3 Å². The number of hydrogen-bond acceptors (Lipinski definition) is 1. The van der Waals surface area contributed by atoms with Crippen molar-refractivity contribution in [2.45, 2.75) is 47.0 Å². The number of rotatable bonds is 3. The zero-order valence-electron chi connectivity index (χ0n) is 10.4. The summed E-state index contributed by atoms with van der Waals surface area (Å²) in [4.78, 5) is 0. The van der Waals surface area contributed by atoms with Gasteiger partial charge in [0.15, 0.2) is 0 Å². The molecule has 0 saturated heterocycles. The molecule has 0 aliphatic rings. The van der Waals surface area contributed by atoms with Gasteiger partial charge >= 0.3 is 0 Å². The summed E-state index contributed by atoms with van der Waals surface area (Å²) >= 11 is 0. The van der Waals surface area contributed by atoms with E-state index < -0.39 is 0 Å². The highest BCUT2D eigenvalue weighted by Crippen LogP contribution is 2.26. The van der Waals surface area contributed by atoms with Gasteiger partial charge in [-0.2, -0.15) is 5.10 Å². The van der Waals surface area contributed by atoms with E-state index in [1.165, 1.54) is 12.1 Å². The predicted molar refractivity (Wildman–Crippen MR) is 62.4 cm³/mol. The van der Waals surface area contributed by atoms with Crippen LogP contribution in [0.5, 0.6) is 0 Å². The summed E-state index contributed by atoms with van der Waals surface area (Å²) in [6.07, 6.45) is 3.07. The van der Waals surface area contributed by atoms with E-state index in [4.69, 9.17) is 0 Å². The maximum absolute atomic E-state index is 4.18. The van der Waals surface area contributed by atoms with Gasteiger partial charge in [-0.1, -0.05) is 34.6 Å². The molecule has 0 spiro atoms. The van der Waals surface area contributed by atoms with Crippen LogP contribution in [0.25, 0.3) is 0 Å². The van der Waals surface area contributed by atoms with Gasteiger partial charge in [-0.15, -0.1) is 0 Å². The van der Waals surface area contributed by atoms with Crippen molar-refractivity contribution in [1.82, 2.24) is 9.78 Å². The minimum atomic E-state index is 0.650. The Hall–Kier alpha value is -0.790. The summed E-state index contributed by atoms with van der Waals surface area (Å²) in [6, 6.07) is 2.12. The molecule has 1 heterocycles. The molecule has 0 aromatic carbocycles. The van der Waals surface area contributed by atoms with Gasteiger partial charge in [0, 0.05) is 24.9 Å². The summed E-state index contributed by atoms with van der Waals surface area (Å²) < 4.78 is 1.98. The SMILES string of the molecule is CC.CCC(c1ccnn1C)C(C)C. The topological polar surface area (TPSA) is 17.8 Å². The Morgan fingerprint density at radius 1 is 1.36 bits per heavy atom. The molecule has 0 amide bonds. The first-order valence-electron chi connectivity index (χ1n) is 5.64. The highest BCUT2D eigenvalue weighted by atomic mass is 15.3. The third-order valence-electron chi connectivity index (χ3n) is 2.48. The fourth-order valence-electron chi connectivity index (χ4n) is 1.77. The largest absolute Gasteiger partial charge is 0.272 e. The van der Waals surface area contributed by atoms with Crippen molar-refractivity contribution in [3.63, 3.8) is 0 Å². The van der Waals surface area contributed by atoms with Crippen LogP contribution < -0.4 is 0 Å². The van der Waals surface area contributed by atoms with E-state index in [1.54, 1.807) is 0 Å². The zero-order valence-corrected chi connectivity index (χ0v) is 10.4. The third-order valence-corrected chi connectivity index (χ3v) is 2.48. The van der Waals surface area contributed by atoms with Crippen LogP contribution in [-0.2, 0) is 7.05 Å². The molecule has 0 aliphatic carbocycles. The van der Waals surface area contributed by atoms with Crippen LogP contribution in [-0.4, -0.2) is 9.78 Å². The molecule has 82 valence electrons. The Kier molecular flexibility index (Phi) is 6.26. The van der Waals surface area contributed by atoms with Crippen molar-refractivity contribution in [1.29, 1.82) is 0 Å². The average molecular weight is 196 g/mol. The fourth-order valence-corrected chi connectivity index (χ4v) is 1.77. The van der Waals surface area contributed by atoms with Gasteiger partial charge in [-0.05, 0) is 18.4 Å². The van der Waals surface area contributed by atoms with Crippen molar-refractivity contribution in [3.8, 4) is 0 Å². The molecule has 1 unspecified atom stereocenters. The minimum absolute atomic E-state index is 0.650. The van der Waals surface area contributed by atoms with Crippen molar-refractivity contribution in [3.05, 3.63) is 18.0 Å². The second-order valence-electron chi connectivity index (χ2n) is 3.64. The van der Waals surface area contributed by atoms with Gasteiger partial charge in [0.1, 0.15) is 0 Å². The predicted octanol–water partition coefficient (Wildman–Crippen LogP) is 3.60. The van der Waals surface area contributed by atoms with E-state index in [0.29, 0.717) is 11.8 Å². The van der Waals surface area contributed by atoms with E-state index in [9.17, 15) is 0 Å². The average Bonchev–Trinajstić information content (AvgIpc) is 2.57. The highest BCUT2D eigenvalue weighted by Gasteiger charge is 2.15. The van der Waals surface area contributed by atoms with E-state index >= 15 is 0 Å². The molecule has 1 atom stereocenters. The maximum Gasteiger partial charge on any atom is 0.0492 e. The van der Waals surface area contributed by atoms with Gasteiger partial charge in [-0.3, -0.25) is 4.68 Å². The first-order chi connectivity index (χ1) is 6.66. The molecule has 0 saturated carbocycles. The van der Waals surface area contributed by atoms with E-state index in [-0.39, 0.29) is 0 Å². The molecular weight excluding hydrogens is 172 g/mol. The Morgan fingerprint density at radius 3 is 2.21 bits per heavy atom. The summed E-state index contributed by atoms with van der Waals surface area (Å²) in [6.45, 7) is 10.8. The Bertz CT molecular complexity index is 238. The summed E-state index contributed by atoms with van der Waals surface area (Å²) in [5, 5.41) is 4.18. The second-order valence-corrected chi connectivity index (χ2v) is 3.64. The lowest BCUT2D eigenvalue weighted by molar-refractivity contribution is 0.455. The molecule has 0 radical (unpaired) electrons. The van der Waals surface area contributed by atoms with Crippen LogP contribution >= 0.6 is 0 Å². The molecule has 2 nitrogen and oxygen atoms in total. The molecule has 14 heavy (non-hydrogen) atoms. The Labute approximate surface area is 88.3 Å². The highest BCUT2D eigenvalue weighted by molar-refractivity contribution is 5.07. The normalized spacial score (nSPS) is 12.2. The first kappa shape index (κ1) is 13.2. The van der Waals surface area contributed by atoms with Crippen LogP contribution in [0, 0.1) is 5.92 Å². The smallest absolute Gasteiger partial charge is 0.0492 e. The number of hydrogen-bond donors (Lipinski definition) is 0. The third kappa shape index (κ3) is 3.17. The van der Waals surface area contributed by atoms with Crippen molar-refractivity contribution in [2.75, 3.05) is 0 Å². The molecule has 0 bridgehead atoms. The maximum atomic E-state index is 4.18. The zero-order chi connectivity index (χ0) is 11.1. The number of nitrogens with zero attached hydrogens (tertiary/aromatic N) is 2. The molecule has 1 aromatic rings. The summed E-state index contributed by atoms with van der Waals surface area (Å²) in [7, 11) is 2.01. The molecule has 2 heteroatoms. The molecule has 1 aromatic heterocycles. The van der Waals surface area contributed by atoms with Gasteiger partial charge in [0.25, 0.3) is 0 Å². The van der Waals surface area contributed by atoms with E-state index in [0.717, 1.165) is 0 Å². The summed E-state index contributed by atoms with van der Waals surface area (Å²) in [5.74, 6) is 1.35. The standard InChI is InChI=1S/C10H18N2.C2H6/c1-5-9(8(2)3)10-6-7-11-12(10)4;1-2/h6-9H,5H2,1-4H3;1-2H3. The van der Waals surface area contributed by atoms with E-state index in [2.05, 4.69) is 31.9 Å². The van der Waals surface area contributed by atoms with Crippen molar-refractivity contribution < 1.29 is 0 Å². The molecule has 1 rings (SSSR count). The van der Waals surface area contributed by atoms with Crippen molar-refractivity contribution in [2.24, 2.45) is 13.0 Å². The lowest BCUT2D eigenvalue weighted by atomic mass is 9.90. The van der Waals surface area contributed by atoms with Crippen LogP contribution in [0.3, 0.4) is 0 Å². The summed E-state index contributed by atoms with van der Waals surface area (Å²) in [5.41, 5.74) is 1.35.